The number of ether oxygens (including phenoxy) is 8. The van der Waals surface area contributed by atoms with Crippen LogP contribution in [-0.4, -0.2) is 90.2 Å². The summed E-state index contributed by atoms with van der Waals surface area (Å²) in [5.41, 5.74) is 0.308. The molecule has 0 saturated carbocycles. The third kappa shape index (κ3) is 12.3. The molecule has 19 nitrogen and oxygen atoms in total. The Morgan fingerprint density at radius 1 is 0.511 bits per heavy atom. The molecule has 2 N–H and O–H groups in total. The monoisotopic (exact) mass is 1230 g/mol. The molecule has 88 heavy (non-hydrogen) atoms. The number of benzene rings is 6. The van der Waals surface area contributed by atoms with Gasteiger partial charge < -0.3 is 46.9 Å². The maximum Gasteiger partial charge on any atom is 0.330 e. The van der Waals surface area contributed by atoms with Gasteiger partial charge in [-0.05, 0) is 120 Å². The molecule has 454 valence electrons. The summed E-state index contributed by atoms with van der Waals surface area (Å²) < 4.78 is 68.6. The van der Waals surface area contributed by atoms with Crippen molar-refractivity contribution >= 4 is 23.7 Å². The number of hydrogen-bond donors (Lipinski definition) is 2. The van der Waals surface area contributed by atoms with E-state index < -0.39 is 77.1 Å². The summed E-state index contributed by atoms with van der Waals surface area (Å²) >= 11 is 6.70. The van der Waals surface area contributed by atoms with Crippen LogP contribution in [0.2, 0.25) is 0 Å². The standard InChI is InChI=1S/C67H66N5O14PS/c1-43-39-71(64(75)69-62(43)73)60-37-55(85-67(46-17-11-8-12-18-46,49-24-32-53(79-5)33-25-49)50-26-34-54(80-6)35-27-50)58(84-60)42-82-87(88,59-19-13-14-36-68-59)86-56-38-61(72-40-44(2)63(74)70-65(72)76)83-57(56)41-81-66(45-15-9-7-10-16-45,47-20-28-51(77-3)29-21-47)48-22-30-52(78-4)31-23-48/h7-36,39-40,55-58,60-61H,37-38,41-42H2,1-6H3,(H,69,73,75)(H,70,74,76)/t55-,56-,57+,58+,60+,61+,87?/m0/s1. The van der Waals surface area contributed by atoms with Crippen molar-refractivity contribution in [2.45, 2.75) is 74.8 Å². The van der Waals surface area contributed by atoms with E-state index in [0.29, 0.717) is 34.0 Å². The smallest absolute Gasteiger partial charge is 0.330 e. The zero-order valence-electron chi connectivity index (χ0n) is 49.2. The van der Waals surface area contributed by atoms with Crippen molar-refractivity contribution in [1.82, 2.24) is 24.1 Å². The highest BCUT2D eigenvalue weighted by Gasteiger charge is 2.49. The third-order valence-electron chi connectivity index (χ3n) is 16.0. The van der Waals surface area contributed by atoms with Crippen LogP contribution >= 0.6 is 6.49 Å². The molecule has 11 rings (SSSR count). The minimum Gasteiger partial charge on any atom is -0.497 e. The number of H-pyrrole nitrogens is 2. The van der Waals surface area contributed by atoms with Crippen molar-refractivity contribution in [2.24, 2.45) is 0 Å². The second-order valence-electron chi connectivity index (χ2n) is 21.3. The molecule has 7 atom stereocenters. The van der Waals surface area contributed by atoms with Crippen molar-refractivity contribution in [2.75, 3.05) is 41.7 Å². The maximum absolute atomic E-state index is 13.8. The summed E-state index contributed by atoms with van der Waals surface area (Å²) in [5.74, 6) is 2.53. The van der Waals surface area contributed by atoms with Crippen LogP contribution in [0.25, 0.3) is 0 Å². The average Bonchev–Trinajstić information content (AvgIpc) is 1.40. The van der Waals surface area contributed by atoms with Gasteiger partial charge in [-0.1, -0.05) is 115 Å². The highest BCUT2D eigenvalue weighted by atomic mass is 32.5. The number of aromatic amines is 2. The fourth-order valence-corrected chi connectivity index (χ4v) is 14.0. The number of methoxy groups -OCH3 is 4. The molecule has 21 heteroatoms. The van der Waals surface area contributed by atoms with Gasteiger partial charge in [-0.3, -0.25) is 33.7 Å². The van der Waals surface area contributed by atoms with Crippen LogP contribution in [-0.2, 0) is 51.0 Å². The minimum absolute atomic E-state index is 0.0307. The zero-order valence-corrected chi connectivity index (χ0v) is 50.9. The minimum atomic E-state index is -3.87. The van der Waals surface area contributed by atoms with Crippen LogP contribution in [0, 0.1) is 13.8 Å². The third-order valence-corrected chi connectivity index (χ3v) is 19.0. The summed E-state index contributed by atoms with van der Waals surface area (Å²) in [6.07, 6.45) is -1.18. The van der Waals surface area contributed by atoms with Gasteiger partial charge in [0.1, 0.15) is 64.3 Å². The van der Waals surface area contributed by atoms with Crippen molar-refractivity contribution in [3.05, 3.63) is 281 Å². The molecule has 0 bridgehead atoms. The molecule has 0 amide bonds. The molecule has 1 unspecified atom stereocenters. The molecule has 0 radical (unpaired) electrons. The van der Waals surface area contributed by atoms with Crippen LogP contribution in [0.3, 0.4) is 0 Å². The first-order chi connectivity index (χ1) is 42.7. The van der Waals surface area contributed by atoms with E-state index in [0.717, 1.165) is 33.4 Å². The SMILES string of the molecule is COc1ccc(C(OC[C@H]2O[C@@H](n3cc(C)c(=O)[nH]c3=O)C[C@@H]2OP(=S)(OC[C@H]2O[C@@H](n3cc(C)c(=O)[nH]c3=O)C[C@@H]2OC(c2ccccc2)(c2ccc(OC)cc2)c2ccc(OC)cc2)c2ccccn2)(c2ccccc2)c2ccc(OC)cc2)cc1. The normalized spacial score (nSPS) is 19.2. The fraction of sp³-hybridized carbons (Fsp3) is 0.269. The second-order valence-corrected chi connectivity index (χ2v) is 24.7. The van der Waals surface area contributed by atoms with Gasteiger partial charge in [-0.2, -0.15) is 0 Å². The summed E-state index contributed by atoms with van der Waals surface area (Å²) in [5, 5.41) is 0. The lowest BCUT2D eigenvalue weighted by molar-refractivity contribution is -0.0993. The van der Waals surface area contributed by atoms with Crippen molar-refractivity contribution < 1.29 is 46.9 Å². The van der Waals surface area contributed by atoms with Gasteiger partial charge >= 0.3 is 11.4 Å². The molecule has 3 aromatic heterocycles. The Balaban J connectivity index is 1.01. The van der Waals surface area contributed by atoms with Gasteiger partial charge in [0.25, 0.3) is 11.1 Å². The number of aromatic nitrogens is 5. The average molecular weight is 1230 g/mol. The first-order valence-corrected chi connectivity index (χ1v) is 31.1. The van der Waals surface area contributed by atoms with Gasteiger partial charge in [0.05, 0.1) is 53.9 Å². The Labute approximate surface area is 512 Å². The van der Waals surface area contributed by atoms with E-state index in [1.165, 1.54) is 21.5 Å². The lowest BCUT2D eigenvalue weighted by Crippen LogP contribution is -2.41. The van der Waals surface area contributed by atoms with Crippen molar-refractivity contribution in [1.29, 1.82) is 0 Å². The molecular formula is C67H66N5O14PS. The topological polar surface area (TPSA) is 215 Å². The number of nitrogens with one attached hydrogen (secondary N) is 2. The van der Waals surface area contributed by atoms with Crippen LogP contribution < -0.4 is 46.9 Å². The van der Waals surface area contributed by atoms with Gasteiger partial charge in [0, 0.05) is 42.6 Å². The second kappa shape index (κ2) is 26.4. The number of hydrogen-bond acceptors (Lipinski definition) is 16. The zero-order chi connectivity index (χ0) is 61.6. The Kier molecular flexibility index (Phi) is 18.3. The van der Waals surface area contributed by atoms with E-state index in [-0.39, 0.29) is 31.6 Å². The van der Waals surface area contributed by atoms with E-state index >= 15 is 0 Å². The lowest BCUT2D eigenvalue weighted by Gasteiger charge is -2.39. The van der Waals surface area contributed by atoms with Crippen LogP contribution in [0.5, 0.6) is 23.0 Å². The quantitative estimate of drug-likeness (QED) is 0.0451. The summed E-state index contributed by atoms with van der Waals surface area (Å²) in [7, 11) is 6.40. The molecule has 2 aliphatic rings. The summed E-state index contributed by atoms with van der Waals surface area (Å²) in [4.78, 5) is 62.8. The Bertz CT molecular complexity index is 4040. The highest BCUT2D eigenvalue weighted by Crippen LogP contribution is 2.53. The number of pyridine rings is 1. The highest BCUT2D eigenvalue weighted by molar-refractivity contribution is 8.13. The predicted octanol–water partition coefficient (Wildman–Crippen LogP) is 9.13. The molecule has 9 aromatic rings. The Hall–Kier alpha value is -8.56. The van der Waals surface area contributed by atoms with Crippen LogP contribution in [0.1, 0.15) is 69.8 Å². The molecule has 6 aromatic carbocycles. The number of rotatable bonds is 23. The van der Waals surface area contributed by atoms with Gasteiger partial charge in [-0.15, -0.1) is 0 Å². The van der Waals surface area contributed by atoms with Crippen LogP contribution in [0.4, 0.5) is 0 Å². The predicted molar refractivity (Wildman–Crippen MR) is 334 cm³/mol. The van der Waals surface area contributed by atoms with Gasteiger partial charge in [0.15, 0.2) is 0 Å². The van der Waals surface area contributed by atoms with Crippen LogP contribution in [0.15, 0.2) is 214 Å². The first kappa shape index (κ1) is 61.1. The largest absolute Gasteiger partial charge is 0.497 e. The van der Waals surface area contributed by atoms with E-state index in [1.54, 1.807) is 66.7 Å². The number of nitrogens with zero attached hydrogens (tertiary/aromatic N) is 3. The summed E-state index contributed by atoms with van der Waals surface area (Å²) in [6, 6.07) is 55.2. The molecule has 5 heterocycles. The maximum atomic E-state index is 13.8. The number of aryl methyl sites for hydroxylation is 2. The van der Waals surface area contributed by atoms with E-state index in [9.17, 15) is 19.2 Å². The summed E-state index contributed by atoms with van der Waals surface area (Å²) in [6.45, 7) is -1.09. The van der Waals surface area contributed by atoms with E-state index in [4.69, 9.17) is 63.7 Å². The fourth-order valence-electron chi connectivity index (χ4n) is 11.4. The van der Waals surface area contributed by atoms with E-state index in [2.05, 4.69) is 9.97 Å². The van der Waals surface area contributed by atoms with Gasteiger partial charge in [0.2, 0.25) is 6.49 Å². The molecule has 2 saturated heterocycles. The van der Waals surface area contributed by atoms with E-state index in [1.807, 2.05) is 158 Å². The Morgan fingerprint density at radius 2 is 0.898 bits per heavy atom. The van der Waals surface area contributed by atoms with Crippen molar-refractivity contribution in [3.8, 4) is 23.0 Å². The molecule has 0 aliphatic carbocycles. The molecular weight excluding hydrogens is 1160 g/mol. The lowest BCUT2D eigenvalue weighted by atomic mass is 9.79. The molecule has 2 aliphatic heterocycles. The molecule has 0 spiro atoms. The molecule has 2 fully saturated rings. The first-order valence-electron chi connectivity index (χ1n) is 28.5. The van der Waals surface area contributed by atoms with Crippen molar-refractivity contribution in [3.63, 3.8) is 0 Å². The van der Waals surface area contributed by atoms with Gasteiger partial charge in [-0.25, -0.2) is 9.59 Å². The Morgan fingerprint density at radius 3 is 1.32 bits per heavy atom.